The van der Waals surface area contributed by atoms with Crippen molar-refractivity contribution in [3.8, 4) is 0 Å². The van der Waals surface area contributed by atoms with E-state index in [1.54, 1.807) is 7.05 Å². The molecule has 0 bridgehead atoms. The van der Waals surface area contributed by atoms with E-state index in [-0.39, 0.29) is 0 Å². The number of aryl methyl sites for hydroxylation is 1. The Morgan fingerprint density at radius 2 is 2.21 bits per heavy atom. The van der Waals surface area contributed by atoms with Gasteiger partial charge in [0.25, 0.3) is 0 Å². The van der Waals surface area contributed by atoms with Crippen LogP contribution in [0.1, 0.15) is 30.2 Å². The Bertz CT molecular complexity index is 402. The van der Waals surface area contributed by atoms with E-state index in [1.807, 2.05) is 6.92 Å². The zero-order valence-electron chi connectivity index (χ0n) is 8.63. The van der Waals surface area contributed by atoms with Gasteiger partial charge in [0, 0.05) is 24.7 Å². The van der Waals surface area contributed by atoms with E-state index < -0.39 is 0 Å². The van der Waals surface area contributed by atoms with Gasteiger partial charge in [0.05, 0.1) is 5.56 Å². The van der Waals surface area contributed by atoms with Crippen LogP contribution in [0.3, 0.4) is 0 Å². The molecule has 0 saturated heterocycles. The molecule has 74 valence electrons. The molecule has 0 atom stereocenters. The van der Waals surface area contributed by atoms with Gasteiger partial charge in [0.2, 0.25) is 5.88 Å². The number of furan rings is 1. The molecule has 0 aromatic carbocycles. The molecule has 0 radical (unpaired) electrons. The molecule has 1 aliphatic carbocycles. The molecular weight excluding hydrogens is 176 g/mol. The fourth-order valence-electron chi connectivity index (χ4n) is 1.99. The van der Waals surface area contributed by atoms with Crippen LogP contribution in [0.2, 0.25) is 0 Å². The first-order chi connectivity index (χ1) is 6.77. The zero-order chi connectivity index (χ0) is 10.1. The summed E-state index contributed by atoms with van der Waals surface area (Å²) in [4.78, 5) is 8.09. The first-order valence-corrected chi connectivity index (χ1v) is 4.83. The van der Waals surface area contributed by atoms with Crippen LogP contribution in [0.15, 0.2) is 14.4 Å². The molecule has 1 aromatic rings. The lowest BCUT2D eigenvalue weighted by Gasteiger charge is -1.99. The Balaban J connectivity index is 2.60. The summed E-state index contributed by atoms with van der Waals surface area (Å²) in [5.41, 5.74) is 3.34. The Hall–Kier alpha value is -1.38. The normalized spacial score (nSPS) is 15.7. The van der Waals surface area contributed by atoms with Crippen LogP contribution >= 0.6 is 0 Å². The summed E-state index contributed by atoms with van der Waals surface area (Å²) in [6.45, 7) is 5.51. The van der Waals surface area contributed by atoms with E-state index in [2.05, 4.69) is 16.7 Å². The predicted molar refractivity (Wildman–Crippen MR) is 58.1 cm³/mol. The maximum Gasteiger partial charge on any atom is 0.227 e. The molecule has 1 aliphatic rings. The SMILES string of the molecule is C=Nc1oc2c(c1C(C)=NC)CCC2. The lowest BCUT2D eigenvalue weighted by Crippen LogP contribution is -1.96. The molecule has 0 saturated carbocycles. The van der Waals surface area contributed by atoms with Gasteiger partial charge < -0.3 is 4.42 Å². The lowest BCUT2D eigenvalue weighted by atomic mass is 10.1. The van der Waals surface area contributed by atoms with Crippen molar-refractivity contribution in [2.75, 3.05) is 7.05 Å². The second kappa shape index (κ2) is 3.40. The van der Waals surface area contributed by atoms with Gasteiger partial charge in [-0.25, -0.2) is 4.99 Å². The van der Waals surface area contributed by atoms with E-state index in [1.165, 1.54) is 12.0 Å². The molecule has 0 spiro atoms. The third kappa shape index (κ3) is 1.20. The van der Waals surface area contributed by atoms with E-state index in [0.717, 1.165) is 29.9 Å². The standard InChI is InChI=1S/C11H14N2O/c1-7(12-2)10-8-5-4-6-9(8)14-11(10)13-3/h3-6H2,1-2H3. The number of fused-ring (bicyclic) bond motifs is 1. The third-order valence-corrected chi connectivity index (χ3v) is 2.74. The Morgan fingerprint density at radius 3 is 2.86 bits per heavy atom. The van der Waals surface area contributed by atoms with Gasteiger partial charge in [0.1, 0.15) is 5.76 Å². The topological polar surface area (TPSA) is 37.9 Å². The summed E-state index contributed by atoms with van der Waals surface area (Å²) in [5.74, 6) is 1.71. The van der Waals surface area contributed by atoms with E-state index in [9.17, 15) is 0 Å². The smallest absolute Gasteiger partial charge is 0.227 e. The Kier molecular flexibility index (Phi) is 2.23. The molecule has 3 heteroatoms. The quantitative estimate of drug-likeness (QED) is 0.660. The van der Waals surface area contributed by atoms with Gasteiger partial charge in [-0.15, -0.1) is 0 Å². The summed E-state index contributed by atoms with van der Waals surface area (Å²) >= 11 is 0. The Morgan fingerprint density at radius 1 is 1.43 bits per heavy atom. The second-order valence-corrected chi connectivity index (χ2v) is 3.50. The van der Waals surface area contributed by atoms with Crippen LogP contribution in [0.5, 0.6) is 0 Å². The summed E-state index contributed by atoms with van der Waals surface area (Å²) in [6.07, 6.45) is 3.28. The fraction of sp³-hybridized carbons (Fsp3) is 0.455. The van der Waals surface area contributed by atoms with Crippen molar-refractivity contribution < 1.29 is 4.42 Å². The van der Waals surface area contributed by atoms with Crippen molar-refractivity contribution >= 4 is 18.3 Å². The number of nitrogens with zero attached hydrogens (tertiary/aromatic N) is 2. The summed E-state index contributed by atoms with van der Waals surface area (Å²) < 4.78 is 5.62. The fourth-order valence-corrected chi connectivity index (χ4v) is 1.99. The highest BCUT2D eigenvalue weighted by atomic mass is 16.4. The minimum absolute atomic E-state index is 0.637. The van der Waals surface area contributed by atoms with Gasteiger partial charge in [0.15, 0.2) is 0 Å². The van der Waals surface area contributed by atoms with E-state index in [0.29, 0.717) is 5.88 Å². The molecule has 1 heterocycles. The summed E-state index contributed by atoms with van der Waals surface area (Å²) in [7, 11) is 1.79. The molecule has 0 aliphatic heterocycles. The van der Waals surface area contributed by atoms with Gasteiger partial charge in [-0.3, -0.25) is 4.99 Å². The first kappa shape index (κ1) is 9.19. The van der Waals surface area contributed by atoms with E-state index >= 15 is 0 Å². The van der Waals surface area contributed by atoms with Crippen LogP contribution in [0.25, 0.3) is 0 Å². The highest BCUT2D eigenvalue weighted by Gasteiger charge is 2.24. The molecule has 0 fully saturated rings. The molecule has 2 rings (SSSR count). The molecule has 3 nitrogen and oxygen atoms in total. The van der Waals surface area contributed by atoms with Crippen molar-refractivity contribution in [2.24, 2.45) is 9.98 Å². The van der Waals surface area contributed by atoms with Crippen LogP contribution in [-0.2, 0) is 12.8 Å². The van der Waals surface area contributed by atoms with Crippen molar-refractivity contribution in [3.05, 3.63) is 16.9 Å². The monoisotopic (exact) mass is 190 g/mol. The molecular formula is C11H14N2O. The highest BCUT2D eigenvalue weighted by molar-refractivity contribution is 6.04. The lowest BCUT2D eigenvalue weighted by molar-refractivity contribution is 0.526. The van der Waals surface area contributed by atoms with Crippen molar-refractivity contribution in [3.63, 3.8) is 0 Å². The summed E-state index contributed by atoms with van der Waals surface area (Å²) in [5, 5.41) is 0. The van der Waals surface area contributed by atoms with Gasteiger partial charge in [-0.1, -0.05) is 0 Å². The van der Waals surface area contributed by atoms with Crippen LogP contribution in [-0.4, -0.2) is 19.5 Å². The number of rotatable bonds is 2. The highest BCUT2D eigenvalue weighted by Crippen LogP contribution is 2.35. The van der Waals surface area contributed by atoms with Gasteiger partial charge in [-0.05, 0) is 26.5 Å². The average Bonchev–Trinajstić information content (AvgIpc) is 2.74. The molecule has 1 aromatic heterocycles. The molecule has 0 unspecified atom stereocenters. The van der Waals surface area contributed by atoms with Crippen LogP contribution < -0.4 is 0 Å². The van der Waals surface area contributed by atoms with Crippen molar-refractivity contribution in [2.45, 2.75) is 26.2 Å². The molecule has 0 N–H and O–H groups in total. The van der Waals surface area contributed by atoms with Crippen LogP contribution in [0, 0.1) is 0 Å². The zero-order valence-corrected chi connectivity index (χ0v) is 8.63. The van der Waals surface area contributed by atoms with E-state index in [4.69, 9.17) is 4.42 Å². The Labute approximate surface area is 83.6 Å². The minimum atomic E-state index is 0.637. The maximum atomic E-state index is 5.62. The maximum absolute atomic E-state index is 5.62. The minimum Gasteiger partial charge on any atom is -0.442 e. The van der Waals surface area contributed by atoms with Crippen LogP contribution in [0.4, 0.5) is 5.88 Å². The predicted octanol–water partition coefficient (Wildman–Crippen LogP) is 2.54. The van der Waals surface area contributed by atoms with Crippen molar-refractivity contribution in [1.29, 1.82) is 0 Å². The first-order valence-electron chi connectivity index (χ1n) is 4.83. The van der Waals surface area contributed by atoms with Gasteiger partial charge in [-0.2, -0.15) is 0 Å². The van der Waals surface area contributed by atoms with Gasteiger partial charge >= 0.3 is 0 Å². The molecule has 14 heavy (non-hydrogen) atoms. The summed E-state index contributed by atoms with van der Waals surface area (Å²) in [6, 6.07) is 0. The third-order valence-electron chi connectivity index (χ3n) is 2.74. The second-order valence-electron chi connectivity index (χ2n) is 3.50. The molecule has 0 amide bonds. The van der Waals surface area contributed by atoms with Crippen molar-refractivity contribution in [1.82, 2.24) is 0 Å². The average molecular weight is 190 g/mol. The number of aliphatic imine (C=N–C) groups is 2. The number of hydrogen-bond donors (Lipinski definition) is 0. The number of hydrogen-bond acceptors (Lipinski definition) is 3. The largest absolute Gasteiger partial charge is 0.442 e.